The van der Waals surface area contributed by atoms with Gasteiger partial charge in [-0.3, -0.25) is 4.79 Å². The zero-order chi connectivity index (χ0) is 18.8. The fourth-order valence-electron chi connectivity index (χ4n) is 4.78. The average molecular weight is 364 g/mol. The zero-order valence-electron chi connectivity index (χ0n) is 16.2. The van der Waals surface area contributed by atoms with Gasteiger partial charge >= 0.3 is 0 Å². The van der Waals surface area contributed by atoms with Gasteiger partial charge in [-0.15, -0.1) is 0 Å². The summed E-state index contributed by atoms with van der Waals surface area (Å²) in [7, 11) is 0. The second-order valence-electron chi connectivity index (χ2n) is 8.13. The number of hydrogen-bond donors (Lipinski definition) is 1. The summed E-state index contributed by atoms with van der Waals surface area (Å²) in [5.41, 5.74) is 4.97. The van der Waals surface area contributed by atoms with Crippen molar-refractivity contribution in [2.75, 3.05) is 6.54 Å². The molecule has 1 fully saturated rings. The highest BCUT2D eigenvalue weighted by Crippen LogP contribution is 2.35. The van der Waals surface area contributed by atoms with E-state index in [0.717, 1.165) is 43.8 Å². The lowest BCUT2D eigenvalue weighted by Crippen LogP contribution is -2.41. The van der Waals surface area contributed by atoms with Gasteiger partial charge in [-0.1, -0.05) is 43.7 Å². The predicted molar refractivity (Wildman–Crippen MR) is 108 cm³/mol. The van der Waals surface area contributed by atoms with E-state index in [1.807, 2.05) is 12.1 Å². The van der Waals surface area contributed by atoms with E-state index >= 15 is 0 Å². The molecule has 1 N–H and O–H groups in total. The van der Waals surface area contributed by atoms with Gasteiger partial charge in [0, 0.05) is 19.0 Å². The summed E-state index contributed by atoms with van der Waals surface area (Å²) in [6.45, 7) is 3.81. The number of aromatic hydroxyl groups is 1. The zero-order valence-corrected chi connectivity index (χ0v) is 16.2. The van der Waals surface area contributed by atoms with Crippen molar-refractivity contribution in [3.63, 3.8) is 0 Å². The summed E-state index contributed by atoms with van der Waals surface area (Å²) in [5.74, 6) is 1.71. The molecule has 2 aliphatic rings. The highest BCUT2D eigenvalue weighted by Gasteiger charge is 2.31. The third-order valence-corrected chi connectivity index (χ3v) is 6.53. The van der Waals surface area contributed by atoms with Crippen molar-refractivity contribution in [3.8, 4) is 16.9 Å². The Hall–Kier alpha value is -2.29. The molecule has 3 heteroatoms. The molecule has 0 atom stereocenters. The number of benzene rings is 2. The number of carbonyl (C=O) groups is 1. The first kappa shape index (κ1) is 18.1. The van der Waals surface area contributed by atoms with Gasteiger partial charge in [0.2, 0.25) is 5.91 Å². The summed E-state index contributed by atoms with van der Waals surface area (Å²) in [5, 5.41) is 9.55. The molecule has 1 heterocycles. The van der Waals surface area contributed by atoms with E-state index < -0.39 is 0 Å². The molecular formula is C24H29NO2. The molecule has 2 aromatic rings. The predicted octanol–water partition coefficient (Wildman–Crippen LogP) is 5.16. The summed E-state index contributed by atoms with van der Waals surface area (Å²) < 4.78 is 0. The largest absolute Gasteiger partial charge is 0.508 e. The molecule has 1 saturated carbocycles. The lowest BCUT2D eigenvalue weighted by molar-refractivity contribution is -0.137. The van der Waals surface area contributed by atoms with Gasteiger partial charge in [-0.05, 0) is 72.4 Å². The van der Waals surface area contributed by atoms with Crippen molar-refractivity contribution in [1.82, 2.24) is 4.90 Å². The van der Waals surface area contributed by atoms with Crippen LogP contribution in [0.1, 0.15) is 50.2 Å². The topological polar surface area (TPSA) is 40.5 Å². The van der Waals surface area contributed by atoms with Crippen molar-refractivity contribution in [2.24, 2.45) is 11.8 Å². The van der Waals surface area contributed by atoms with E-state index in [1.54, 1.807) is 12.1 Å². The molecule has 142 valence electrons. The second-order valence-corrected chi connectivity index (χ2v) is 8.13. The number of phenolic OH excluding ortho intramolecular Hbond substituents is 1. The Morgan fingerprint density at radius 3 is 2.52 bits per heavy atom. The van der Waals surface area contributed by atoms with Crippen LogP contribution in [0.2, 0.25) is 0 Å². The van der Waals surface area contributed by atoms with Crippen LogP contribution in [0.15, 0.2) is 42.5 Å². The fourth-order valence-corrected chi connectivity index (χ4v) is 4.78. The van der Waals surface area contributed by atoms with Crippen molar-refractivity contribution in [2.45, 2.75) is 52.0 Å². The van der Waals surface area contributed by atoms with Crippen molar-refractivity contribution in [3.05, 3.63) is 53.6 Å². The third-order valence-electron chi connectivity index (χ3n) is 6.53. The van der Waals surface area contributed by atoms with Gasteiger partial charge in [-0.25, -0.2) is 0 Å². The van der Waals surface area contributed by atoms with E-state index in [-0.39, 0.29) is 11.7 Å². The molecule has 0 bridgehead atoms. The van der Waals surface area contributed by atoms with Crippen LogP contribution in [-0.4, -0.2) is 22.5 Å². The maximum absolute atomic E-state index is 13.0. The Morgan fingerprint density at radius 2 is 1.81 bits per heavy atom. The molecule has 27 heavy (non-hydrogen) atoms. The number of hydrogen-bond acceptors (Lipinski definition) is 2. The Labute approximate surface area is 162 Å². The van der Waals surface area contributed by atoms with Gasteiger partial charge in [0.1, 0.15) is 5.75 Å². The molecule has 0 unspecified atom stereocenters. The monoisotopic (exact) mass is 363 g/mol. The van der Waals surface area contributed by atoms with Crippen molar-refractivity contribution < 1.29 is 9.90 Å². The van der Waals surface area contributed by atoms with E-state index in [9.17, 15) is 9.90 Å². The molecule has 0 radical (unpaired) electrons. The summed E-state index contributed by atoms with van der Waals surface area (Å²) in [4.78, 5) is 15.1. The Balaban J connectivity index is 1.50. The number of amides is 1. The van der Waals surface area contributed by atoms with Crippen LogP contribution in [0, 0.1) is 11.8 Å². The van der Waals surface area contributed by atoms with Gasteiger partial charge in [-0.2, -0.15) is 0 Å². The molecule has 0 aromatic heterocycles. The second kappa shape index (κ2) is 7.75. The molecule has 0 saturated heterocycles. The summed E-state index contributed by atoms with van der Waals surface area (Å²) in [6, 6.07) is 13.8. The summed E-state index contributed by atoms with van der Waals surface area (Å²) >= 11 is 0. The van der Waals surface area contributed by atoms with Gasteiger partial charge in [0.25, 0.3) is 0 Å². The van der Waals surface area contributed by atoms with Crippen LogP contribution in [-0.2, 0) is 17.8 Å². The van der Waals surface area contributed by atoms with Crippen molar-refractivity contribution >= 4 is 5.91 Å². The normalized spacial score (nSPS) is 22.3. The highest BCUT2D eigenvalue weighted by molar-refractivity contribution is 5.80. The highest BCUT2D eigenvalue weighted by atomic mass is 16.3. The minimum atomic E-state index is 0.231. The van der Waals surface area contributed by atoms with E-state index in [1.165, 1.54) is 36.0 Å². The minimum Gasteiger partial charge on any atom is -0.508 e. The quantitative estimate of drug-likeness (QED) is 0.818. The summed E-state index contributed by atoms with van der Waals surface area (Å²) in [6.07, 6.45) is 6.70. The molecule has 1 aliphatic heterocycles. The fraction of sp³-hybridized carbons (Fsp3) is 0.458. The first-order valence-electron chi connectivity index (χ1n) is 10.3. The van der Waals surface area contributed by atoms with E-state index in [2.05, 4.69) is 30.0 Å². The Kier molecular flexibility index (Phi) is 5.20. The van der Waals surface area contributed by atoms with Gasteiger partial charge < -0.3 is 10.0 Å². The maximum atomic E-state index is 13.0. The third kappa shape index (κ3) is 3.73. The van der Waals surface area contributed by atoms with Gasteiger partial charge in [0.15, 0.2) is 0 Å². The SMILES string of the molecule is CCC1CCC(C(=O)N2CCc3c(cccc3-c3ccc(O)cc3)C2)CC1. The number of rotatable bonds is 3. The van der Waals surface area contributed by atoms with Crippen LogP contribution in [0.25, 0.3) is 11.1 Å². The number of nitrogens with zero attached hydrogens (tertiary/aromatic N) is 1. The van der Waals surface area contributed by atoms with Crippen LogP contribution >= 0.6 is 0 Å². The molecular weight excluding hydrogens is 334 g/mol. The molecule has 2 aromatic carbocycles. The molecule has 1 amide bonds. The number of phenols is 1. The molecule has 3 nitrogen and oxygen atoms in total. The van der Waals surface area contributed by atoms with E-state index in [4.69, 9.17) is 0 Å². The first-order chi connectivity index (χ1) is 13.2. The number of fused-ring (bicyclic) bond motifs is 1. The lowest BCUT2D eigenvalue weighted by Gasteiger charge is -2.35. The molecule has 0 spiro atoms. The minimum absolute atomic E-state index is 0.231. The standard InChI is InChI=1S/C24H29NO2/c1-2-17-6-8-19(9-7-17)24(27)25-15-14-23-20(16-25)4-3-5-22(23)18-10-12-21(26)13-11-18/h3-5,10-13,17,19,26H,2,6-9,14-16H2,1H3. The smallest absolute Gasteiger partial charge is 0.225 e. The Bertz CT molecular complexity index is 804. The first-order valence-corrected chi connectivity index (χ1v) is 10.3. The Morgan fingerprint density at radius 1 is 1.07 bits per heavy atom. The molecule has 4 rings (SSSR count). The molecule has 1 aliphatic carbocycles. The van der Waals surface area contributed by atoms with Crippen LogP contribution in [0.5, 0.6) is 5.75 Å². The number of carbonyl (C=O) groups excluding carboxylic acids is 1. The van der Waals surface area contributed by atoms with Crippen molar-refractivity contribution in [1.29, 1.82) is 0 Å². The van der Waals surface area contributed by atoms with Gasteiger partial charge in [0.05, 0.1) is 0 Å². The lowest BCUT2D eigenvalue weighted by atomic mass is 9.80. The maximum Gasteiger partial charge on any atom is 0.225 e. The van der Waals surface area contributed by atoms with Crippen LogP contribution in [0.3, 0.4) is 0 Å². The average Bonchev–Trinajstić information content (AvgIpc) is 2.73. The van der Waals surface area contributed by atoms with E-state index in [0.29, 0.717) is 5.91 Å². The van der Waals surface area contributed by atoms with Crippen LogP contribution in [0.4, 0.5) is 0 Å². The van der Waals surface area contributed by atoms with Crippen LogP contribution < -0.4 is 0 Å².